The van der Waals surface area contributed by atoms with Gasteiger partial charge >= 0.3 is 0 Å². The third kappa shape index (κ3) is 4.06. The Morgan fingerprint density at radius 2 is 1.97 bits per heavy atom. The molecule has 1 aromatic heterocycles. The van der Waals surface area contributed by atoms with Crippen molar-refractivity contribution < 1.29 is 9.90 Å². The number of H-pyrrole nitrogens is 1. The van der Waals surface area contributed by atoms with Crippen molar-refractivity contribution in [3.8, 4) is 5.75 Å². The van der Waals surface area contributed by atoms with E-state index in [1.54, 1.807) is 24.3 Å². The summed E-state index contributed by atoms with van der Waals surface area (Å²) >= 11 is 3.46. The smallest absolute Gasteiger partial charge is 0.240 e. The van der Waals surface area contributed by atoms with Crippen molar-refractivity contribution >= 4 is 21.8 Å². The monoisotopic (exact) mass is 454 g/mol. The molecule has 2 atom stereocenters. The zero-order valence-corrected chi connectivity index (χ0v) is 17.7. The number of aryl methyl sites for hydroxylation is 1. The molecule has 0 bridgehead atoms. The van der Waals surface area contributed by atoms with Gasteiger partial charge in [-0.3, -0.25) is 4.79 Å². The summed E-state index contributed by atoms with van der Waals surface area (Å²) in [6, 6.07) is 14.1. The van der Waals surface area contributed by atoms with Crippen LogP contribution in [0.15, 0.2) is 53.1 Å². The van der Waals surface area contributed by atoms with E-state index in [0.29, 0.717) is 19.4 Å². The Bertz CT molecular complexity index is 1010. The Morgan fingerprint density at radius 3 is 2.62 bits per heavy atom. The zero-order chi connectivity index (χ0) is 20.5. The normalized spacial score (nSPS) is 17.1. The number of carbonyl (C=O) groups is 1. The predicted molar refractivity (Wildman–Crippen MR) is 114 cm³/mol. The molecule has 29 heavy (non-hydrogen) atoms. The molecule has 1 aliphatic rings. The standard InChI is InChI=1S/C22H23BrN4O2/c1-13-20(23)26-21(25-13)19-11-15-4-2-3-5-16(15)12-27(19)22(29)18(24)10-14-6-8-17(28)9-7-14/h2-9,18-19,28H,10-12,24H2,1H3,(H,25,26)/t18-,19-/m0/s1. The summed E-state index contributed by atoms with van der Waals surface area (Å²) in [5.74, 6) is 0.844. The highest BCUT2D eigenvalue weighted by Crippen LogP contribution is 2.33. The second-order valence-corrected chi connectivity index (χ2v) is 8.22. The number of amides is 1. The first-order chi connectivity index (χ1) is 13.9. The zero-order valence-electron chi connectivity index (χ0n) is 16.1. The van der Waals surface area contributed by atoms with E-state index < -0.39 is 6.04 Å². The molecule has 2 aromatic carbocycles. The van der Waals surface area contributed by atoms with Crippen molar-refractivity contribution in [2.75, 3.05) is 0 Å². The molecule has 0 radical (unpaired) electrons. The predicted octanol–water partition coefficient (Wildman–Crippen LogP) is 3.38. The molecule has 4 rings (SSSR count). The van der Waals surface area contributed by atoms with Crippen LogP contribution in [0.5, 0.6) is 5.75 Å². The highest BCUT2D eigenvalue weighted by atomic mass is 79.9. The molecular formula is C22H23BrN4O2. The van der Waals surface area contributed by atoms with Gasteiger partial charge in [-0.25, -0.2) is 4.98 Å². The van der Waals surface area contributed by atoms with Crippen molar-refractivity contribution in [2.45, 2.75) is 38.4 Å². The van der Waals surface area contributed by atoms with E-state index in [2.05, 4.69) is 38.0 Å². The molecule has 4 N–H and O–H groups in total. The van der Waals surface area contributed by atoms with Gasteiger partial charge in [-0.2, -0.15) is 0 Å². The number of fused-ring (bicyclic) bond motifs is 1. The number of aromatic hydroxyl groups is 1. The van der Waals surface area contributed by atoms with Crippen molar-refractivity contribution in [3.05, 3.63) is 81.3 Å². The third-order valence-corrected chi connectivity index (χ3v) is 6.17. The van der Waals surface area contributed by atoms with Gasteiger partial charge in [0.15, 0.2) is 0 Å². The minimum absolute atomic E-state index is 0.109. The lowest BCUT2D eigenvalue weighted by molar-refractivity contribution is -0.136. The molecule has 6 nitrogen and oxygen atoms in total. The van der Waals surface area contributed by atoms with Gasteiger partial charge in [0.05, 0.1) is 12.1 Å². The van der Waals surface area contributed by atoms with Crippen molar-refractivity contribution in [1.82, 2.24) is 14.9 Å². The first kappa shape index (κ1) is 19.7. The second kappa shape index (κ2) is 8.00. The number of hydrogen-bond acceptors (Lipinski definition) is 4. The van der Waals surface area contributed by atoms with E-state index in [9.17, 15) is 9.90 Å². The Morgan fingerprint density at radius 1 is 1.28 bits per heavy atom. The fourth-order valence-electron chi connectivity index (χ4n) is 3.80. The first-order valence-corrected chi connectivity index (χ1v) is 10.3. The number of nitrogens with zero attached hydrogens (tertiary/aromatic N) is 2. The lowest BCUT2D eigenvalue weighted by atomic mass is 9.92. The number of nitrogens with two attached hydrogens (primary N) is 1. The van der Waals surface area contributed by atoms with Crippen molar-refractivity contribution in [2.24, 2.45) is 5.73 Å². The minimum atomic E-state index is -0.674. The van der Waals surface area contributed by atoms with Crippen LogP contribution in [0.1, 0.15) is 34.3 Å². The van der Waals surface area contributed by atoms with Gasteiger partial charge in [-0.05, 0) is 58.1 Å². The summed E-state index contributed by atoms with van der Waals surface area (Å²) in [6.45, 7) is 2.44. The van der Waals surface area contributed by atoms with E-state index in [1.165, 1.54) is 5.56 Å². The number of aromatic amines is 1. The highest BCUT2D eigenvalue weighted by molar-refractivity contribution is 9.10. The lowest BCUT2D eigenvalue weighted by Crippen LogP contribution is -2.48. The van der Waals surface area contributed by atoms with Gasteiger partial charge in [0.25, 0.3) is 0 Å². The van der Waals surface area contributed by atoms with Gasteiger partial charge in [0.2, 0.25) is 5.91 Å². The first-order valence-electron chi connectivity index (χ1n) is 9.55. The Hall–Kier alpha value is -2.64. The fourth-order valence-corrected chi connectivity index (χ4v) is 4.09. The van der Waals surface area contributed by atoms with Gasteiger partial charge < -0.3 is 20.7 Å². The molecular weight excluding hydrogens is 432 g/mol. The fraction of sp³-hybridized carbons (Fsp3) is 0.273. The van der Waals surface area contributed by atoms with E-state index in [4.69, 9.17) is 5.73 Å². The second-order valence-electron chi connectivity index (χ2n) is 7.47. The minimum Gasteiger partial charge on any atom is -0.508 e. The number of rotatable bonds is 4. The van der Waals surface area contributed by atoms with Crippen LogP contribution in [0.3, 0.4) is 0 Å². The van der Waals surface area contributed by atoms with Gasteiger partial charge in [-0.15, -0.1) is 0 Å². The maximum Gasteiger partial charge on any atom is 0.240 e. The molecule has 0 saturated heterocycles. The molecule has 150 valence electrons. The number of benzene rings is 2. The summed E-state index contributed by atoms with van der Waals surface area (Å²) in [6.07, 6.45) is 1.10. The number of imidazole rings is 1. The third-order valence-electron chi connectivity index (χ3n) is 5.40. The average Bonchev–Trinajstić information content (AvgIpc) is 3.06. The number of nitrogens with one attached hydrogen (secondary N) is 1. The molecule has 1 amide bonds. The number of halogens is 1. The van der Waals surface area contributed by atoms with Crippen LogP contribution in [-0.4, -0.2) is 31.9 Å². The molecule has 2 heterocycles. The van der Waals surface area contributed by atoms with Gasteiger partial charge in [-0.1, -0.05) is 36.4 Å². The topological polar surface area (TPSA) is 95.2 Å². The molecule has 0 unspecified atom stereocenters. The lowest BCUT2D eigenvalue weighted by Gasteiger charge is -2.37. The van der Waals surface area contributed by atoms with Crippen molar-refractivity contribution in [1.29, 1.82) is 0 Å². The molecule has 1 aliphatic heterocycles. The van der Waals surface area contributed by atoms with E-state index in [1.807, 2.05) is 24.0 Å². The molecule has 7 heteroatoms. The number of aromatic nitrogens is 2. The summed E-state index contributed by atoms with van der Waals surface area (Å²) in [7, 11) is 0. The number of carbonyl (C=O) groups excluding carboxylic acids is 1. The Balaban J connectivity index is 1.62. The molecule has 0 spiro atoms. The molecule has 3 aromatic rings. The summed E-state index contributed by atoms with van der Waals surface area (Å²) in [5, 5.41) is 9.46. The Kier molecular flexibility index (Phi) is 5.43. The summed E-state index contributed by atoms with van der Waals surface area (Å²) in [5.41, 5.74) is 10.5. The van der Waals surface area contributed by atoms with E-state index in [0.717, 1.165) is 27.2 Å². The maximum atomic E-state index is 13.4. The number of hydrogen-bond donors (Lipinski definition) is 3. The highest BCUT2D eigenvalue weighted by Gasteiger charge is 2.35. The molecule has 0 fully saturated rings. The largest absolute Gasteiger partial charge is 0.508 e. The van der Waals surface area contributed by atoms with E-state index in [-0.39, 0.29) is 17.7 Å². The quantitative estimate of drug-likeness (QED) is 0.562. The number of phenolic OH excluding ortho intramolecular Hbond substituents is 1. The van der Waals surface area contributed by atoms with Crippen LogP contribution < -0.4 is 5.73 Å². The molecule has 0 aliphatic carbocycles. The van der Waals surface area contributed by atoms with Crippen LogP contribution in [0.25, 0.3) is 0 Å². The van der Waals surface area contributed by atoms with Crippen molar-refractivity contribution in [3.63, 3.8) is 0 Å². The average molecular weight is 455 g/mol. The Labute approximate surface area is 177 Å². The summed E-state index contributed by atoms with van der Waals surface area (Å²) in [4.78, 5) is 23.1. The van der Waals surface area contributed by atoms with Gasteiger partial charge in [0.1, 0.15) is 16.2 Å². The molecule has 0 saturated carbocycles. The maximum absolute atomic E-state index is 13.4. The van der Waals surface area contributed by atoms with Crippen LogP contribution >= 0.6 is 15.9 Å². The van der Waals surface area contributed by atoms with Gasteiger partial charge in [0, 0.05) is 18.7 Å². The van der Waals surface area contributed by atoms with Crippen LogP contribution in [0, 0.1) is 6.92 Å². The van der Waals surface area contributed by atoms with E-state index >= 15 is 0 Å². The van der Waals surface area contributed by atoms with Crippen LogP contribution in [-0.2, 0) is 24.2 Å². The number of phenols is 1. The SMILES string of the molecule is Cc1[nH]c([C@@H]2Cc3ccccc3CN2C(=O)[C@@H](N)Cc2ccc(O)cc2)nc1Br. The van der Waals surface area contributed by atoms with Crippen LogP contribution in [0.2, 0.25) is 0 Å². The summed E-state index contributed by atoms with van der Waals surface area (Å²) < 4.78 is 0.757. The van der Waals surface area contributed by atoms with Crippen LogP contribution in [0.4, 0.5) is 0 Å².